The Balaban J connectivity index is 1.83. The third-order valence-corrected chi connectivity index (χ3v) is 6.22. The van der Waals surface area contributed by atoms with Crippen LogP contribution in [0.1, 0.15) is 5.56 Å². The lowest BCUT2D eigenvalue weighted by atomic mass is 10.1. The summed E-state index contributed by atoms with van der Waals surface area (Å²) in [5.41, 5.74) is 2.64. The number of hydrogen-bond acceptors (Lipinski definition) is 3. The Morgan fingerprint density at radius 3 is 2.42 bits per heavy atom. The first-order valence-corrected chi connectivity index (χ1v) is 10.4. The Labute approximate surface area is 156 Å². The topological polar surface area (TPSA) is 52.1 Å². The zero-order valence-corrected chi connectivity index (χ0v) is 15.7. The molecule has 0 aliphatic carbocycles. The van der Waals surface area contributed by atoms with E-state index >= 15 is 0 Å². The van der Waals surface area contributed by atoms with Crippen LogP contribution in [-0.4, -0.2) is 8.42 Å². The summed E-state index contributed by atoms with van der Waals surface area (Å²) in [4.78, 5) is 4.27. The number of pyridine rings is 1. The Kier molecular flexibility index (Phi) is 4.22. The van der Waals surface area contributed by atoms with Crippen LogP contribution in [0.25, 0.3) is 26.2 Å². The number of fused-ring (bicyclic) bond motifs is 1. The minimum Gasteiger partial charge on any atom is -0.317 e. The summed E-state index contributed by atoms with van der Waals surface area (Å²) in [6.45, 7) is 1.92. The molecule has 0 aliphatic heterocycles. The van der Waals surface area contributed by atoms with Crippen LogP contribution in [0.15, 0.2) is 83.2 Å². The van der Waals surface area contributed by atoms with Crippen LogP contribution < -0.4 is 4.68 Å². The first-order chi connectivity index (χ1) is 12.5. The molecular formula is C20H16N2O2S2. The summed E-state index contributed by atoms with van der Waals surface area (Å²) in [6, 6.07) is 20.4. The van der Waals surface area contributed by atoms with Crippen molar-refractivity contribution >= 4 is 31.4 Å². The van der Waals surface area contributed by atoms with E-state index in [2.05, 4.69) is 4.83 Å². The first kappa shape index (κ1) is 16.8. The average Bonchev–Trinajstić information content (AvgIpc) is 3.09. The van der Waals surface area contributed by atoms with Gasteiger partial charge in [-0.3, -0.25) is 0 Å². The largest absolute Gasteiger partial charge is 0.317 e. The Hall–Kier alpha value is -2.70. The summed E-state index contributed by atoms with van der Waals surface area (Å²) >= 11 is 1.55. The summed E-state index contributed by atoms with van der Waals surface area (Å²) in [7, 11) is -3.82. The molecule has 0 amide bonds. The lowest BCUT2D eigenvalue weighted by Gasteiger charge is -2.17. The van der Waals surface area contributed by atoms with Crippen LogP contribution in [0.3, 0.4) is 0 Å². The van der Waals surface area contributed by atoms with Crippen LogP contribution in [0, 0.1) is 6.92 Å². The van der Waals surface area contributed by atoms with E-state index < -0.39 is 10.0 Å². The maximum atomic E-state index is 12.8. The van der Waals surface area contributed by atoms with E-state index in [-0.39, 0.29) is 4.90 Å². The van der Waals surface area contributed by atoms with Crippen molar-refractivity contribution in [1.29, 1.82) is 0 Å². The molecule has 4 rings (SSSR count). The minimum absolute atomic E-state index is 0.181. The smallest absolute Gasteiger partial charge is 0.209 e. The zero-order valence-electron chi connectivity index (χ0n) is 14.0. The lowest BCUT2D eigenvalue weighted by molar-refractivity contribution is -0.600. The molecule has 0 bridgehead atoms. The summed E-state index contributed by atoms with van der Waals surface area (Å²) in [5, 5.41) is 3.05. The van der Waals surface area contributed by atoms with Crippen LogP contribution in [0.5, 0.6) is 0 Å². The molecule has 0 saturated heterocycles. The number of aryl methyl sites for hydroxylation is 1. The highest BCUT2D eigenvalue weighted by molar-refractivity contribution is 7.93. The highest BCUT2D eigenvalue weighted by Gasteiger charge is 2.16. The van der Waals surface area contributed by atoms with E-state index in [1.54, 1.807) is 41.8 Å². The molecule has 0 unspecified atom stereocenters. The number of rotatable bonds is 4. The van der Waals surface area contributed by atoms with Gasteiger partial charge in [0.15, 0.2) is 16.2 Å². The predicted molar refractivity (Wildman–Crippen MR) is 105 cm³/mol. The maximum absolute atomic E-state index is 12.8. The van der Waals surface area contributed by atoms with Crippen LogP contribution in [-0.2, 0) is 10.0 Å². The van der Waals surface area contributed by atoms with E-state index in [0.29, 0.717) is 0 Å². The van der Waals surface area contributed by atoms with Crippen molar-refractivity contribution in [3.8, 4) is 11.3 Å². The zero-order chi connectivity index (χ0) is 18.1. The van der Waals surface area contributed by atoms with Gasteiger partial charge in [0.05, 0.1) is 9.60 Å². The minimum atomic E-state index is -3.82. The van der Waals surface area contributed by atoms with Crippen LogP contribution in [0.4, 0.5) is 0 Å². The summed E-state index contributed by atoms with van der Waals surface area (Å²) in [5.74, 6) is 0. The maximum Gasteiger partial charge on any atom is 0.209 e. The average molecular weight is 380 g/mol. The molecule has 0 N–H and O–H groups in total. The van der Waals surface area contributed by atoms with Gasteiger partial charge in [0.1, 0.15) is 0 Å². The number of hydrogen-bond donors (Lipinski definition) is 0. The molecule has 0 atom stereocenters. The monoisotopic (exact) mass is 380 g/mol. The second-order valence-electron chi connectivity index (χ2n) is 5.98. The molecule has 2 aromatic carbocycles. The predicted octanol–water partition coefficient (Wildman–Crippen LogP) is 4.69. The van der Waals surface area contributed by atoms with Gasteiger partial charge in [-0.15, -0.1) is 11.3 Å². The highest BCUT2D eigenvalue weighted by atomic mass is 32.2. The number of aromatic nitrogens is 1. The van der Waals surface area contributed by atoms with Crippen LogP contribution in [0.2, 0.25) is 0 Å². The summed E-state index contributed by atoms with van der Waals surface area (Å²) < 4.78 is 28.0. The first-order valence-electron chi connectivity index (χ1n) is 8.06. The van der Waals surface area contributed by atoms with Gasteiger partial charge >= 0.3 is 0 Å². The number of thiophene rings is 1. The molecule has 2 heterocycles. The van der Waals surface area contributed by atoms with Crippen molar-refractivity contribution < 1.29 is 13.1 Å². The highest BCUT2D eigenvalue weighted by Crippen LogP contribution is 2.26. The number of nitrogens with zero attached hydrogens (tertiary/aromatic N) is 2. The molecule has 4 aromatic rings. The van der Waals surface area contributed by atoms with E-state index in [9.17, 15) is 8.42 Å². The van der Waals surface area contributed by atoms with Gasteiger partial charge in [-0.25, -0.2) is 13.1 Å². The van der Waals surface area contributed by atoms with Crippen molar-refractivity contribution in [1.82, 2.24) is 0 Å². The SMILES string of the molecule is Cc1ccc(S(=O)(=O)[N-][n+]2cc3sccc3cc2-c2ccccc2)cc1. The molecule has 4 nitrogen and oxygen atoms in total. The second-order valence-corrected chi connectivity index (χ2v) is 8.51. The van der Waals surface area contributed by atoms with Gasteiger partial charge in [0.2, 0.25) is 5.69 Å². The molecule has 0 fully saturated rings. The second kappa shape index (κ2) is 6.55. The fourth-order valence-corrected chi connectivity index (χ4v) is 4.44. The third kappa shape index (κ3) is 3.21. The van der Waals surface area contributed by atoms with E-state index in [4.69, 9.17) is 0 Å². The molecule has 0 radical (unpaired) electrons. The van der Waals surface area contributed by atoms with E-state index in [1.807, 2.05) is 54.8 Å². The van der Waals surface area contributed by atoms with Crippen molar-refractivity contribution in [2.24, 2.45) is 0 Å². The standard InChI is InChI=1S/C20H16N2O2S2/c1-15-7-9-18(10-8-15)26(23,24)21-22-14-20-17(11-12-25-20)13-19(22)16-5-3-2-4-6-16/h2-14H,1H3. The molecule has 6 heteroatoms. The normalized spacial score (nSPS) is 11.6. The fraction of sp³-hybridized carbons (Fsp3) is 0.0500. The van der Waals surface area contributed by atoms with Crippen molar-refractivity contribution in [2.45, 2.75) is 11.8 Å². The Bertz CT molecular complexity index is 1170. The Morgan fingerprint density at radius 1 is 0.962 bits per heavy atom. The van der Waals surface area contributed by atoms with Gasteiger partial charge in [0.25, 0.3) is 0 Å². The quantitative estimate of drug-likeness (QED) is 0.482. The number of benzene rings is 2. The fourth-order valence-electron chi connectivity index (χ4n) is 2.71. The van der Waals surface area contributed by atoms with Gasteiger partial charge < -0.3 is 4.83 Å². The van der Waals surface area contributed by atoms with Gasteiger partial charge in [-0.05, 0) is 42.6 Å². The third-order valence-electron chi connectivity index (χ3n) is 4.09. The van der Waals surface area contributed by atoms with Crippen LogP contribution >= 0.6 is 11.3 Å². The molecule has 0 aliphatic rings. The molecule has 0 spiro atoms. The van der Waals surface area contributed by atoms with Crippen molar-refractivity contribution in [2.75, 3.05) is 0 Å². The molecule has 26 heavy (non-hydrogen) atoms. The summed E-state index contributed by atoms with van der Waals surface area (Å²) in [6.07, 6.45) is 1.77. The van der Waals surface area contributed by atoms with Gasteiger partial charge in [-0.2, -0.15) is 0 Å². The molecule has 0 saturated carbocycles. The Morgan fingerprint density at radius 2 is 1.69 bits per heavy atom. The molecule has 130 valence electrons. The molecular weight excluding hydrogens is 364 g/mol. The van der Waals surface area contributed by atoms with E-state index in [0.717, 1.165) is 26.9 Å². The van der Waals surface area contributed by atoms with E-state index in [1.165, 1.54) is 4.68 Å². The van der Waals surface area contributed by atoms with Gasteiger partial charge in [-0.1, -0.05) is 35.9 Å². The molecule has 2 aromatic heterocycles. The van der Waals surface area contributed by atoms with Crippen molar-refractivity contribution in [3.05, 3.63) is 88.7 Å². The lowest BCUT2D eigenvalue weighted by Crippen LogP contribution is -2.34. The number of sulfonamides is 1. The van der Waals surface area contributed by atoms with Crippen molar-refractivity contribution in [3.63, 3.8) is 0 Å². The van der Waals surface area contributed by atoms with Gasteiger partial charge in [0, 0.05) is 17.0 Å².